The van der Waals surface area contributed by atoms with Crippen molar-refractivity contribution in [3.05, 3.63) is 47.8 Å². The van der Waals surface area contributed by atoms with Gasteiger partial charge in [-0.2, -0.15) is 16.9 Å². The van der Waals surface area contributed by atoms with Gasteiger partial charge in [0.1, 0.15) is 6.04 Å². The van der Waals surface area contributed by atoms with Crippen molar-refractivity contribution in [2.75, 3.05) is 43.5 Å². The molecule has 1 aromatic heterocycles. The summed E-state index contributed by atoms with van der Waals surface area (Å²) in [5.74, 6) is 2.40. The molecule has 1 fully saturated rings. The second-order valence-corrected chi connectivity index (χ2v) is 7.78. The molecule has 1 atom stereocenters. The van der Waals surface area contributed by atoms with Crippen molar-refractivity contribution in [1.82, 2.24) is 20.0 Å². The number of hydrogen-bond acceptors (Lipinski definition) is 5. The van der Waals surface area contributed by atoms with E-state index in [4.69, 9.17) is 0 Å². The number of carbonyl (C=O) groups is 1. The molecule has 0 bridgehead atoms. The fourth-order valence-electron chi connectivity index (χ4n) is 3.12. The number of hydrogen-bond donors (Lipinski definition) is 2. The molecule has 1 unspecified atom stereocenters. The van der Waals surface area contributed by atoms with Crippen LogP contribution in [0.1, 0.15) is 17.2 Å². The SMILES string of the molecule is CNC(C(=O)Nc1ccc(CCN2CCSCC2)cc1)c1cnn(C)c1. The summed E-state index contributed by atoms with van der Waals surface area (Å²) in [6, 6.07) is 7.75. The molecule has 1 amide bonds. The maximum atomic E-state index is 12.6. The number of aromatic nitrogens is 2. The quantitative estimate of drug-likeness (QED) is 0.776. The van der Waals surface area contributed by atoms with Gasteiger partial charge in [0.25, 0.3) is 0 Å². The zero-order chi connectivity index (χ0) is 18.4. The van der Waals surface area contributed by atoms with Crippen LogP contribution in [-0.2, 0) is 18.3 Å². The predicted octanol–water partition coefficient (Wildman–Crippen LogP) is 1.91. The van der Waals surface area contributed by atoms with Crippen LogP contribution in [0, 0.1) is 0 Å². The molecule has 26 heavy (non-hydrogen) atoms. The van der Waals surface area contributed by atoms with E-state index in [1.165, 1.54) is 30.2 Å². The molecule has 2 heterocycles. The number of rotatable bonds is 7. The number of benzene rings is 1. The van der Waals surface area contributed by atoms with Crippen LogP contribution in [0.5, 0.6) is 0 Å². The first-order valence-corrected chi connectivity index (χ1v) is 10.2. The summed E-state index contributed by atoms with van der Waals surface area (Å²) in [6.45, 7) is 3.49. The second-order valence-electron chi connectivity index (χ2n) is 6.56. The highest BCUT2D eigenvalue weighted by molar-refractivity contribution is 7.99. The molecule has 1 saturated heterocycles. The van der Waals surface area contributed by atoms with Gasteiger partial charge in [0.15, 0.2) is 0 Å². The molecule has 2 N–H and O–H groups in total. The van der Waals surface area contributed by atoms with Gasteiger partial charge in [-0.15, -0.1) is 0 Å². The van der Waals surface area contributed by atoms with Gasteiger partial charge in [-0.05, 0) is 31.2 Å². The van der Waals surface area contributed by atoms with E-state index in [0.29, 0.717) is 0 Å². The zero-order valence-electron chi connectivity index (χ0n) is 15.4. The molecule has 0 spiro atoms. The monoisotopic (exact) mass is 373 g/mol. The molecule has 3 rings (SSSR count). The third-order valence-electron chi connectivity index (χ3n) is 4.65. The number of carbonyl (C=O) groups excluding carboxylic acids is 1. The molecule has 0 aliphatic carbocycles. The zero-order valence-corrected chi connectivity index (χ0v) is 16.3. The van der Waals surface area contributed by atoms with Crippen molar-refractivity contribution in [1.29, 1.82) is 0 Å². The van der Waals surface area contributed by atoms with Crippen molar-refractivity contribution < 1.29 is 4.79 Å². The lowest BCUT2D eigenvalue weighted by atomic mass is 10.1. The summed E-state index contributed by atoms with van der Waals surface area (Å²) in [5.41, 5.74) is 2.97. The fraction of sp³-hybridized carbons (Fsp3) is 0.474. The van der Waals surface area contributed by atoms with E-state index >= 15 is 0 Å². The minimum Gasteiger partial charge on any atom is -0.324 e. The van der Waals surface area contributed by atoms with Crippen molar-refractivity contribution in [2.24, 2.45) is 7.05 Å². The third kappa shape index (κ3) is 5.09. The molecule has 140 valence electrons. The first-order valence-electron chi connectivity index (χ1n) is 9.01. The first kappa shape index (κ1) is 18.9. The first-order chi connectivity index (χ1) is 12.7. The van der Waals surface area contributed by atoms with E-state index in [-0.39, 0.29) is 5.91 Å². The molecule has 1 aliphatic heterocycles. The van der Waals surface area contributed by atoms with Gasteiger partial charge < -0.3 is 15.5 Å². The van der Waals surface area contributed by atoms with Crippen molar-refractivity contribution in [3.8, 4) is 0 Å². The summed E-state index contributed by atoms with van der Waals surface area (Å²) >= 11 is 2.04. The van der Waals surface area contributed by atoms with Gasteiger partial charge >= 0.3 is 0 Å². The normalized spacial score (nSPS) is 16.4. The number of likely N-dealkylation sites (N-methyl/N-ethyl adjacent to an activating group) is 1. The van der Waals surface area contributed by atoms with E-state index in [0.717, 1.165) is 24.2 Å². The molecule has 0 saturated carbocycles. The molecule has 0 radical (unpaired) electrons. The van der Waals surface area contributed by atoms with Gasteiger partial charge in [-0.3, -0.25) is 9.48 Å². The minimum atomic E-state index is -0.416. The molecule has 1 aromatic carbocycles. The predicted molar refractivity (Wildman–Crippen MR) is 108 cm³/mol. The highest BCUT2D eigenvalue weighted by Gasteiger charge is 2.20. The van der Waals surface area contributed by atoms with E-state index in [2.05, 4.69) is 32.8 Å². The fourth-order valence-corrected chi connectivity index (χ4v) is 4.10. The lowest BCUT2D eigenvalue weighted by Crippen LogP contribution is -2.34. The lowest BCUT2D eigenvalue weighted by molar-refractivity contribution is -0.118. The Morgan fingerprint density at radius 1 is 1.27 bits per heavy atom. The van der Waals surface area contributed by atoms with Crippen LogP contribution < -0.4 is 10.6 Å². The summed E-state index contributed by atoms with van der Waals surface area (Å²) in [7, 11) is 3.62. The summed E-state index contributed by atoms with van der Waals surface area (Å²) in [4.78, 5) is 15.1. The van der Waals surface area contributed by atoms with Gasteiger partial charge in [-0.1, -0.05) is 12.1 Å². The van der Waals surface area contributed by atoms with E-state index in [9.17, 15) is 4.79 Å². The number of aryl methyl sites for hydroxylation is 1. The van der Waals surface area contributed by atoms with E-state index < -0.39 is 6.04 Å². The van der Waals surface area contributed by atoms with E-state index in [1.54, 1.807) is 17.9 Å². The third-order valence-corrected chi connectivity index (χ3v) is 5.59. The maximum absolute atomic E-state index is 12.6. The average molecular weight is 374 g/mol. The molecule has 1 aliphatic rings. The van der Waals surface area contributed by atoms with E-state index in [1.807, 2.05) is 37.1 Å². The minimum absolute atomic E-state index is 0.0842. The number of amides is 1. The van der Waals surface area contributed by atoms with Crippen LogP contribution in [0.15, 0.2) is 36.7 Å². The largest absolute Gasteiger partial charge is 0.324 e. The highest BCUT2D eigenvalue weighted by atomic mass is 32.2. The van der Waals surface area contributed by atoms with Crippen LogP contribution in [0.4, 0.5) is 5.69 Å². The Hall–Kier alpha value is -1.83. The van der Waals surface area contributed by atoms with Gasteiger partial charge in [0.2, 0.25) is 5.91 Å². The van der Waals surface area contributed by atoms with Crippen molar-refractivity contribution in [3.63, 3.8) is 0 Å². The Balaban J connectivity index is 1.53. The summed E-state index contributed by atoms with van der Waals surface area (Å²) < 4.78 is 1.70. The number of anilines is 1. The van der Waals surface area contributed by atoms with Gasteiger partial charge in [0, 0.05) is 55.6 Å². The standard InChI is InChI=1S/C19H27N5OS/c1-20-18(16-13-21-23(2)14-16)19(25)22-17-5-3-15(4-6-17)7-8-24-9-11-26-12-10-24/h3-6,13-14,18,20H,7-12H2,1-2H3,(H,22,25). The van der Waals surface area contributed by atoms with Crippen LogP contribution >= 0.6 is 11.8 Å². The maximum Gasteiger partial charge on any atom is 0.246 e. The molecule has 7 heteroatoms. The van der Waals surface area contributed by atoms with Crippen molar-refractivity contribution >= 4 is 23.4 Å². The van der Waals surface area contributed by atoms with Gasteiger partial charge in [0.05, 0.1) is 6.20 Å². The van der Waals surface area contributed by atoms with Gasteiger partial charge in [-0.25, -0.2) is 0 Å². The average Bonchev–Trinajstić information content (AvgIpc) is 3.08. The number of nitrogens with one attached hydrogen (secondary N) is 2. The smallest absolute Gasteiger partial charge is 0.246 e. The van der Waals surface area contributed by atoms with Crippen LogP contribution in [0.2, 0.25) is 0 Å². The number of nitrogens with zero attached hydrogens (tertiary/aromatic N) is 3. The highest BCUT2D eigenvalue weighted by Crippen LogP contribution is 2.17. The Morgan fingerprint density at radius 2 is 2.00 bits per heavy atom. The molecule has 6 nitrogen and oxygen atoms in total. The Bertz CT molecular complexity index is 709. The summed E-state index contributed by atoms with van der Waals surface area (Å²) in [6.07, 6.45) is 4.61. The van der Waals surface area contributed by atoms with Crippen LogP contribution in [-0.4, -0.2) is 58.8 Å². The molecular weight excluding hydrogens is 346 g/mol. The summed E-state index contributed by atoms with van der Waals surface area (Å²) in [5, 5.41) is 10.2. The topological polar surface area (TPSA) is 62.2 Å². The Kier molecular flexibility index (Phi) is 6.71. The van der Waals surface area contributed by atoms with Crippen LogP contribution in [0.25, 0.3) is 0 Å². The Labute approximate surface area is 159 Å². The molecule has 2 aromatic rings. The van der Waals surface area contributed by atoms with Crippen molar-refractivity contribution in [2.45, 2.75) is 12.5 Å². The number of thioether (sulfide) groups is 1. The lowest BCUT2D eigenvalue weighted by Gasteiger charge is -2.26. The Morgan fingerprint density at radius 3 is 2.62 bits per heavy atom. The van der Waals surface area contributed by atoms with Crippen LogP contribution in [0.3, 0.4) is 0 Å². The second kappa shape index (κ2) is 9.21. The molecular formula is C19H27N5OS.